The van der Waals surface area contributed by atoms with Crippen molar-refractivity contribution < 1.29 is 13.2 Å². The van der Waals surface area contributed by atoms with Crippen molar-refractivity contribution in [2.75, 3.05) is 18.4 Å². The molecule has 0 radical (unpaired) electrons. The third-order valence-corrected chi connectivity index (χ3v) is 6.69. The molecule has 2 N–H and O–H groups in total. The topological polar surface area (TPSA) is 95.2 Å². The van der Waals surface area contributed by atoms with Crippen LogP contribution in [0, 0.1) is 0 Å². The number of nitrogens with zero attached hydrogens (tertiary/aromatic N) is 2. The van der Waals surface area contributed by atoms with Crippen molar-refractivity contribution in [1.82, 2.24) is 14.5 Å². The zero-order chi connectivity index (χ0) is 19.6. The molecule has 1 aliphatic rings. The quantitative estimate of drug-likeness (QED) is 0.693. The molecule has 1 saturated heterocycles. The molecule has 1 aromatic heterocycles. The minimum atomic E-state index is -3.47. The van der Waals surface area contributed by atoms with Gasteiger partial charge in [0, 0.05) is 30.5 Å². The Labute approximate surface area is 163 Å². The monoisotopic (exact) mass is 396 g/mol. The van der Waals surface area contributed by atoms with Crippen molar-refractivity contribution in [2.24, 2.45) is 0 Å². The minimum Gasteiger partial charge on any atom is -0.322 e. The fraction of sp³-hybridized carbons (Fsp3) is 0.200. The number of anilines is 1. The minimum absolute atomic E-state index is 0.217. The normalized spacial score (nSPS) is 14.9. The Morgan fingerprint density at radius 2 is 1.64 bits per heavy atom. The summed E-state index contributed by atoms with van der Waals surface area (Å²) in [5.74, 6) is -0.292. The Kier molecular flexibility index (Phi) is 4.97. The summed E-state index contributed by atoms with van der Waals surface area (Å²) in [5, 5.41) is 9.62. The molecule has 2 heterocycles. The number of amides is 1. The first kappa shape index (κ1) is 18.4. The Balaban J connectivity index is 1.45. The molecule has 0 unspecified atom stereocenters. The van der Waals surface area contributed by atoms with Crippen molar-refractivity contribution in [3.8, 4) is 11.3 Å². The number of aromatic nitrogens is 2. The van der Waals surface area contributed by atoms with Crippen LogP contribution in [-0.4, -0.2) is 41.9 Å². The lowest BCUT2D eigenvalue weighted by Gasteiger charge is -2.15. The molecule has 28 heavy (non-hydrogen) atoms. The zero-order valence-corrected chi connectivity index (χ0v) is 15.9. The van der Waals surface area contributed by atoms with E-state index in [0.717, 1.165) is 24.1 Å². The Morgan fingerprint density at radius 3 is 2.25 bits per heavy atom. The van der Waals surface area contributed by atoms with Gasteiger partial charge in [0.05, 0.1) is 10.6 Å². The Morgan fingerprint density at radius 1 is 0.964 bits per heavy atom. The van der Waals surface area contributed by atoms with Crippen LogP contribution in [0.5, 0.6) is 0 Å². The number of rotatable bonds is 5. The first-order valence-electron chi connectivity index (χ1n) is 9.05. The largest absolute Gasteiger partial charge is 0.322 e. The van der Waals surface area contributed by atoms with Gasteiger partial charge in [-0.15, -0.1) is 0 Å². The first-order valence-corrected chi connectivity index (χ1v) is 10.5. The van der Waals surface area contributed by atoms with Crippen molar-refractivity contribution in [3.63, 3.8) is 0 Å². The zero-order valence-electron chi connectivity index (χ0n) is 15.1. The highest BCUT2D eigenvalue weighted by Gasteiger charge is 2.27. The van der Waals surface area contributed by atoms with E-state index in [1.165, 1.54) is 28.6 Å². The molecular formula is C20H20N4O3S. The number of H-pyrrole nitrogens is 1. The Bertz CT molecular complexity index is 1050. The average molecular weight is 396 g/mol. The number of aromatic amines is 1. The summed E-state index contributed by atoms with van der Waals surface area (Å²) in [6.45, 7) is 1.11. The van der Waals surface area contributed by atoms with E-state index >= 15 is 0 Å². The van der Waals surface area contributed by atoms with Crippen LogP contribution in [0.4, 0.5) is 5.69 Å². The van der Waals surface area contributed by atoms with Gasteiger partial charge in [-0.2, -0.15) is 9.40 Å². The van der Waals surface area contributed by atoms with Crippen LogP contribution in [0.15, 0.2) is 65.7 Å². The molecule has 1 aliphatic heterocycles. The van der Waals surface area contributed by atoms with Gasteiger partial charge in [-0.1, -0.05) is 12.1 Å². The van der Waals surface area contributed by atoms with Crippen molar-refractivity contribution >= 4 is 21.6 Å². The number of nitrogens with one attached hydrogen (secondary N) is 2. The molecule has 0 atom stereocenters. The van der Waals surface area contributed by atoms with E-state index in [9.17, 15) is 13.2 Å². The van der Waals surface area contributed by atoms with Crippen LogP contribution in [0.25, 0.3) is 11.3 Å². The number of carbonyl (C=O) groups excluding carboxylic acids is 1. The average Bonchev–Trinajstić information content (AvgIpc) is 3.43. The second-order valence-electron chi connectivity index (χ2n) is 6.64. The number of hydrogen-bond donors (Lipinski definition) is 2. The maximum atomic E-state index is 12.6. The van der Waals surface area contributed by atoms with Crippen molar-refractivity contribution in [3.05, 3.63) is 66.4 Å². The van der Waals surface area contributed by atoms with Crippen molar-refractivity contribution in [2.45, 2.75) is 17.7 Å². The highest BCUT2D eigenvalue weighted by Crippen LogP contribution is 2.22. The van der Waals surface area contributed by atoms with Gasteiger partial charge >= 0.3 is 0 Å². The second kappa shape index (κ2) is 7.57. The lowest BCUT2D eigenvalue weighted by molar-refractivity contribution is 0.102. The van der Waals surface area contributed by atoms with Gasteiger partial charge in [0.25, 0.3) is 5.91 Å². The van der Waals surface area contributed by atoms with Gasteiger partial charge < -0.3 is 5.32 Å². The van der Waals surface area contributed by atoms with Crippen LogP contribution >= 0.6 is 0 Å². The van der Waals surface area contributed by atoms with E-state index in [1.54, 1.807) is 18.3 Å². The molecule has 1 fully saturated rings. The summed E-state index contributed by atoms with van der Waals surface area (Å²) in [6, 6.07) is 15.3. The summed E-state index contributed by atoms with van der Waals surface area (Å²) in [7, 11) is -3.47. The predicted octanol–water partition coefficient (Wildman–Crippen LogP) is 3.11. The molecule has 3 aromatic rings. The van der Waals surface area contributed by atoms with Gasteiger partial charge in [0.1, 0.15) is 0 Å². The molecule has 8 heteroatoms. The lowest BCUT2D eigenvalue weighted by Crippen LogP contribution is -2.27. The Hall–Kier alpha value is -2.97. The third kappa shape index (κ3) is 3.69. The number of hydrogen-bond acceptors (Lipinski definition) is 4. The molecule has 144 valence electrons. The van der Waals surface area contributed by atoms with E-state index in [1.807, 2.05) is 18.2 Å². The molecule has 2 aromatic carbocycles. The molecule has 0 spiro atoms. The van der Waals surface area contributed by atoms with Gasteiger partial charge in [-0.3, -0.25) is 9.89 Å². The predicted molar refractivity (Wildman–Crippen MR) is 106 cm³/mol. The van der Waals surface area contributed by atoms with E-state index in [0.29, 0.717) is 24.3 Å². The summed E-state index contributed by atoms with van der Waals surface area (Å²) in [4.78, 5) is 12.7. The van der Waals surface area contributed by atoms with Gasteiger partial charge in [-0.05, 0) is 60.9 Å². The summed E-state index contributed by atoms with van der Waals surface area (Å²) < 4.78 is 26.6. The molecule has 7 nitrogen and oxygen atoms in total. The van der Waals surface area contributed by atoms with E-state index in [-0.39, 0.29) is 10.8 Å². The number of carbonyl (C=O) groups is 1. The summed E-state index contributed by atoms with van der Waals surface area (Å²) in [5.41, 5.74) is 2.92. The standard InChI is InChI=1S/C20H20N4O3S/c25-20(22-17-7-3-15(4-8-17)19-11-12-21-23-19)16-5-9-18(10-6-16)28(26,27)24-13-1-2-14-24/h3-12H,1-2,13-14H2,(H,21,23)(H,22,25). The van der Waals surface area contributed by atoms with Crippen LogP contribution < -0.4 is 5.32 Å². The smallest absolute Gasteiger partial charge is 0.255 e. The van der Waals surface area contributed by atoms with Gasteiger partial charge in [0.15, 0.2) is 0 Å². The van der Waals surface area contributed by atoms with Crippen LogP contribution in [0.2, 0.25) is 0 Å². The fourth-order valence-electron chi connectivity index (χ4n) is 3.21. The molecular weight excluding hydrogens is 376 g/mol. The summed E-state index contributed by atoms with van der Waals surface area (Å²) in [6.07, 6.45) is 3.45. The number of benzene rings is 2. The first-order chi connectivity index (χ1) is 13.5. The maximum Gasteiger partial charge on any atom is 0.255 e. The highest BCUT2D eigenvalue weighted by atomic mass is 32.2. The van der Waals surface area contributed by atoms with Crippen molar-refractivity contribution in [1.29, 1.82) is 0 Å². The van der Waals surface area contributed by atoms with Crippen LogP contribution in [0.3, 0.4) is 0 Å². The fourth-order valence-corrected chi connectivity index (χ4v) is 4.73. The molecule has 0 saturated carbocycles. The third-order valence-electron chi connectivity index (χ3n) is 4.77. The van der Waals surface area contributed by atoms with Gasteiger partial charge in [0.2, 0.25) is 10.0 Å². The van der Waals surface area contributed by atoms with Crippen LogP contribution in [0.1, 0.15) is 23.2 Å². The second-order valence-corrected chi connectivity index (χ2v) is 8.58. The van der Waals surface area contributed by atoms with Gasteiger partial charge in [-0.25, -0.2) is 8.42 Å². The SMILES string of the molecule is O=C(Nc1ccc(-c2ccn[nH]2)cc1)c1ccc(S(=O)(=O)N2CCCC2)cc1. The van der Waals surface area contributed by atoms with E-state index in [2.05, 4.69) is 15.5 Å². The molecule has 0 aliphatic carbocycles. The van der Waals surface area contributed by atoms with E-state index < -0.39 is 10.0 Å². The maximum absolute atomic E-state index is 12.6. The molecule has 0 bridgehead atoms. The molecule has 4 rings (SSSR count). The van der Waals surface area contributed by atoms with Crippen LogP contribution in [-0.2, 0) is 10.0 Å². The highest BCUT2D eigenvalue weighted by molar-refractivity contribution is 7.89. The summed E-state index contributed by atoms with van der Waals surface area (Å²) >= 11 is 0. The number of sulfonamides is 1. The van der Waals surface area contributed by atoms with E-state index in [4.69, 9.17) is 0 Å². The molecule has 1 amide bonds. The lowest BCUT2D eigenvalue weighted by atomic mass is 10.1.